The highest BCUT2D eigenvalue weighted by Gasteiger charge is 2.08. The number of aromatic amines is 1. The molecular formula is C20H16N4O2. The number of benzene rings is 2. The first-order chi connectivity index (χ1) is 12.7. The van der Waals surface area contributed by atoms with Crippen LogP contribution < -0.4 is 5.32 Å². The van der Waals surface area contributed by atoms with Crippen LogP contribution in [-0.4, -0.2) is 25.4 Å². The maximum Gasteiger partial charge on any atom is 0.127 e. The van der Waals surface area contributed by atoms with Crippen molar-refractivity contribution in [3.63, 3.8) is 0 Å². The summed E-state index contributed by atoms with van der Waals surface area (Å²) in [7, 11) is 0. The van der Waals surface area contributed by atoms with Crippen molar-refractivity contribution in [1.82, 2.24) is 15.2 Å². The van der Waals surface area contributed by atoms with Crippen LogP contribution in [0, 0.1) is 0 Å². The van der Waals surface area contributed by atoms with Crippen LogP contribution in [0.2, 0.25) is 0 Å². The zero-order valence-electron chi connectivity index (χ0n) is 13.7. The Bertz CT molecular complexity index is 1030. The van der Waals surface area contributed by atoms with Gasteiger partial charge in [0, 0.05) is 41.3 Å². The van der Waals surface area contributed by atoms with Gasteiger partial charge in [0.05, 0.1) is 5.69 Å². The number of pyridine rings is 1. The molecule has 2 heterocycles. The molecule has 2 aromatic heterocycles. The van der Waals surface area contributed by atoms with Crippen molar-refractivity contribution in [2.75, 3.05) is 5.32 Å². The van der Waals surface area contributed by atoms with Crippen molar-refractivity contribution in [3.8, 4) is 33.9 Å². The molecular weight excluding hydrogens is 328 g/mol. The molecule has 6 heteroatoms. The topological polar surface area (TPSA) is 94.1 Å². The minimum atomic E-state index is 0.0358. The maximum atomic E-state index is 9.98. The molecule has 0 unspecified atom stereocenters. The number of hydrogen-bond acceptors (Lipinski definition) is 5. The zero-order chi connectivity index (χ0) is 17.9. The highest BCUT2D eigenvalue weighted by molar-refractivity contribution is 5.74. The summed E-state index contributed by atoms with van der Waals surface area (Å²) in [6, 6.07) is 17.9. The van der Waals surface area contributed by atoms with E-state index in [0.29, 0.717) is 5.56 Å². The Kier molecular flexibility index (Phi) is 3.99. The number of aromatic nitrogens is 3. The Morgan fingerprint density at radius 1 is 0.808 bits per heavy atom. The Labute approximate surface area is 149 Å². The highest BCUT2D eigenvalue weighted by atomic mass is 16.3. The van der Waals surface area contributed by atoms with Crippen molar-refractivity contribution < 1.29 is 10.2 Å². The van der Waals surface area contributed by atoms with E-state index in [1.165, 1.54) is 6.07 Å². The average molecular weight is 344 g/mol. The van der Waals surface area contributed by atoms with Gasteiger partial charge in [0.25, 0.3) is 0 Å². The summed E-state index contributed by atoms with van der Waals surface area (Å²) < 4.78 is 0. The Hall–Kier alpha value is -3.80. The monoisotopic (exact) mass is 344 g/mol. The van der Waals surface area contributed by atoms with E-state index >= 15 is 0 Å². The lowest BCUT2D eigenvalue weighted by Gasteiger charge is -2.06. The van der Waals surface area contributed by atoms with Gasteiger partial charge in [-0.05, 0) is 29.8 Å². The molecule has 6 nitrogen and oxygen atoms in total. The Balaban J connectivity index is 1.56. The lowest BCUT2D eigenvalue weighted by atomic mass is 10.0. The predicted octanol–water partition coefficient (Wildman–Crippen LogP) is 4.29. The normalized spacial score (nSPS) is 10.6. The molecule has 0 fully saturated rings. The number of hydrogen-bond donors (Lipinski definition) is 4. The van der Waals surface area contributed by atoms with Crippen LogP contribution in [0.4, 0.5) is 11.5 Å². The summed E-state index contributed by atoms with van der Waals surface area (Å²) >= 11 is 0. The molecule has 0 amide bonds. The number of aromatic hydroxyl groups is 2. The van der Waals surface area contributed by atoms with E-state index in [0.717, 1.165) is 28.3 Å². The second-order valence-corrected chi connectivity index (χ2v) is 5.81. The first kappa shape index (κ1) is 15.7. The van der Waals surface area contributed by atoms with Gasteiger partial charge in [-0.2, -0.15) is 5.10 Å². The largest absolute Gasteiger partial charge is 0.508 e. The second-order valence-electron chi connectivity index (χ2n) is 5.81. The quantitative estimate of drug-likeness (QED) is 0.443. The van der Waals surface area contributed by atoms with Gasteiger partial charge in [-0.25, -0.2) is 0 Å². The summed E-state index contributed by atoms with van der Waals surface area (Å²) in [6.07, 6.45) is 3.44. The van der Waals surface area contributed by atoms with Gasteiger partial charge < -0.3 is 15.5 Å². The maximum absolute atomic E-state index is 9.98. The van der Waals surface area contributed by atoms with Gasteiger partial charge in [0.1, 0.15) is 17.3 Å². The summed E-state index contributed by atoms with van der Waals surface area (Å²) in [5, 5.41) is 29.9. The molecule has 4 rings (SSSR count). The van der Waals surface area contributed by atoms with Crippen molar-refractivity contribution in [2.45, 2.75) is 0 Å². The van der Waals surface area contributed by atoms with Crippen LogP contribution in [-0.2, 0) is 0 Å². The standard InChI is InChI=1S/C20H16N4O2/c25-16-5-6-17(19(26)11-16)13-1-3-14(4-2-13)18-12-20(24-23-18)22-15-7-9-21-10-8-15/h1-12,25-26H,(H2,21,22,23,24). The number of rotatable bonds is 4. The van der Waals surface area contributed by atoms with Crippen LogP contribution in [0.25, 0.3) is 22.4 Å². The summed E-state index contributed by atoms with van der Waals surface area (Å²) in [4.78, 5) is 3.99. The molecule has 0 saturated heterocycles. The number of nitrogens with zero attached hydrogens (tertiary/aromatic N) is 2. The number of H-pyrrole nitrogens is 1. The predicted molar refractivity (Wildman–Crippen MR) is 100 cm³/mol. The molecule has 0 atom stereocenters. The third-order valence-electron chi connectivity index (χ3n) is 4.01. The molecule has 0 radical (unpaired) electrons. The Morgan fingerprint density at radius 2 is 1.54 bits per heavy atom. The molecule has 0 spiro atoms. The van der Waals surface area contributed by atoms with Crippen molar-refractivity contribution in [2.24, 2.45) is 0 Å². The lowest BCUT2D eigenvalue weighted by Crippen LogP contribution is -1.89. The van der Waals surface area contributed by atoms with Gasteiger partial charge in [0.2, 0.25) is 0 Å². The molecule has 4 aromatic rings. The van der Waals surface area contributed by atoms with E-state index in [9.17, 15) is 10.2 Å². The van der Waals surface area contributed by atoms with Crippen LogP contribution in [0.1, 0.15) is 0 Å². The van der Waals surface area contributed by atoms with E-state index in [4.69, 9.17) is 0 Å². The molecule has 0 saturated carbocycles. The van der Waals surface area contributed by atoms with E-state index in [1.54, 1.807) is 24.5 Å². The summed E-state index contributed by atoms with van der Waals surface area (Å²) in [5.41, 5.74) is 4.20. The van der Waals surface area contributed by atoms with Gasteiger partial charge in [-0.15, -0.1) is 0 Å². The molecule has 0 aliphatic rings. The van der Waals surface area contributed by atoms with Crippen molar-refractivity contribution in [1.29, 1.82) is 0 Å². The third-order valence-corrected chi connectivity index (χ3v) is 4.01. The van der Waals surface area contributed by atoms with Crippen LogP contribution >= 0.6 is 0 Å². The molecule has 2 aromatic carbocycles. The van der Waals surface area contributed by atoms with Crippen molar-refractivity contribution >= 4 is 11.5 Å². The molecule has 0 aliphatic heterocycles. The first-order valence-corrected chi connectivity index (χ1v) is 8.04. The van der Waals surface area contributed by atoms with Crippen molar-refractivity contribution in [3.05, 3.63) is 73.1 Å². The molecule has 26 heavy (non-hydrogen) atoms. The van der Waals surface area contributed by atoms with E-state index in [2.05, 4.69) is 20.5 Å². The van der Waals surface area contributed by atoms with E-state index < -0.39 is 0 Å². The summed E-state index contributed by atoms with van der Waals surface area (Å²) in [6.45, 7) is 0. The SMILES string of the molecule is Oc1ccc(-c2ccc(-c3cc(Nc4ccncc4)[nH]n3)cc2)c(O)c1. The minimum absolute atomic E-state index is 0.0358. The molecule has 0 bridgehead atoms. The average Bonchev–Trinajstić information content (AvgIpc) is 3.11. The lowest BCUT2D eigenvalue weighted by molar-refractivity contribution is 0.452. The van der Waals surface area contributed by atoms with Gasteiger partial charge in [0.15, 0.2) is 0 Å². The fraction of sp³-hybridized carbons (Fsp3) is 0. The fourth-order valence-electron chi connectivity index (χ4n) is 2.71. The molecule has 4 N–H and O–H groups in total. The minimum Gasteiger partial charge on any atom is -0.508 e. The van der Waals surface area contributed by atoms with E-state index in [1.807, 2.05) is 42.5 Å². The third kappa shape index (κ3) is 3.21. The first-order valence-electron chi connectivity index (χ1n) is 8.04. The van der Waals surface area contributed by atoms with Gasteiger partial charge in [-0.1, -0.05) is 24.3 Å². The number of nitrogens with one attached hydrogen (secondary N) is 2. The smallest absolute Gasteiger partial charge is 0.127 e. The number of anilines is 2. The molecule has 128 valence electrons. The van der Waals surface area contributed by atoms with Crippen LogP contribution in [0.5, 0.6) is 11.5 Å². The zero-order valence-corrected chi connectivity index (χ0v) is 13.7. The van der Waals surface area contributed by atoms with Gasteiger partial charge in [-0.3, -0.25) is 10.1 Å². The Morgan fingerprint density at radius 3 is 2.27 bits per heavy atom. The van der Waals surface area contributed by atoms with Crippen LogP contribution in [0.15, 0.2) is 73.1 Å². The number of phenols is 2. The fourth-order valence-corrected chi connectivity index (χ4v) is 2.71. The second kappa shape index (κ2) is 6.60. The highest BCUT2D eigenvalue weighted by Crippen LogP contribution is 2.33. The van der Waals surface area contributed by atoms with Gasteiger partial charge >= 0.3 is 0 Å². The number of phenolic OH excluding ortho intramolecular Hbond substituents is 2. The van der Waals surface area contributed by atoms with Crippen LogP contribution in [0.3, 0.4) is 0 Å². The summed E-state index contributed by atoms with van der Waals surface area (Å²) in [5.74, 6) is 0.862. The van der Waals surface area contributed by atoms with E-state index in [-0.39, 0.29) is 11.5 Å². The molecule has 0 aliphatic carbocycles.